The van der Waals surface area contributed by atoms with E-state index in [-0.39, 0.29) is 24.5 Å². The number of amides is 2. The molecule has 2 aromatic rings. The first-order valence-corrected chi connectivity index (χ1v) is 10.1. The fraction of sp³-hybridized carbons (Fsp3) is 0.348. The number of phenols is 1. The minimum atomic E-state index is -1.16. The zero-order valence-electron chi connectivity index (χ0n) is 17.6. The Labute approximate surface area is 181 Å². The van der Waals surface area contributed by atoms with Crippen molar-refractivity contribution in [2.75, 3.05) is 0 Å². The van der Waals surface area contributed by atoms with Gasteiger partial charge in [0.25, 0.3) is 0 Å². The van der Waals surface area contributed by atoms with Crippen molar-refractivity contribution >= 4 is 17.8 Å². The summed E-state index contributed by atoms with van der Waals surface area (Å²) in [6.45, 7) is 3.50. The zero-order valence-corrected chi connectivity index (χ0v) is 17.6. The van der Waals surface area contributed by atoms with E-state index >= 15 is 0 Å². The predicted molar refractivity (Wildman–Crippen MR) is 116 cm³/mol. The molecule has 0 saturated heterocycles. The van der Waals surface area contributed by atoms with E-state index in [1.807, 2.05) is 6.07 Å². The molecule has 0 aliphatic rings. The van der Waals surface area contributed by atoms with Crippen LogP contribution in [0.2, 0.25) is 0 Å². The molecule has 8 nitrogen and oxygen atoms in total. The normalized spacial score (nSPS) is 13.8. The van der Waals surface area contributed by atoms with Crippen LogP contribution in [0.5, 0.6) is 5.75 Å². The summed E-state index contributed by atoms with van der Waals surface area (Å²) in [5, 5.41) is 24.2. The van der Waals surface area contributed by atoms with Gasteiger partial charge in [-0.3, -0.25) is 9.59 Å². The second-order valence-electron chi connectivity index (χ2n) is 7.80. The maximum Gasteiger partial charge on any atom is 0.326 e. The Morgan fingerprint density at radius 2 is 1.55 bits per heavy atom. The van der Waals surface area contributed by atoms with Crippen molar-refractivity contribution in [1.82, 2.24) is 10.6 Å². The molecule has 0 saturated carbocycles. The van der Waals surface area contributed by atoms with Gasteiger partial charge in [0, 0.05) is 6.42 Å². The zero-order chi connectivity index (χ0) is 23.0. The topological polar surface area (TPSA) is 142 Å². The fourth-order valence-electron chi connectivity index (χ4n) is 3.14. The van der Waals surface area contributed by atoms with Crippen LogP contribution in [0.3, 0.4) is 0 Å². The number of hydrogen-bond acceptors (Lipinski definition) is 5. The summed E-state index contributed by atoms with van der Waals surface area (Å²) in [6.07, 6.45) is 0.302. The van der Waals surface area contributed by atoms with Crippen molar-refractivity contribution in [1.29, 1.82) is 0 Å². The Kier molecular flexibility index (Phi) is 8.57. The second kappa shape index (κ2) is 11.1. The highest BCUT2D eigenvalue weighted by atomic mass is 16.4. The van der Waals surface area contributed by atoms with Gasteiger partial charge in [-0.05, 0) is 35.6 Å². The standard InChI is InChI=1S/C23H29N3O5/c1-14(2)20(26-21(28)18(24)12-16-9-6-10-17(27)11-16)22(29)25-19(23(30)31)13-15-7-4-3-5-8-15/h3-11,14,18-20,27H,12-13,24H2,1-2H3,(H,25,29)(H,26,28)(H,30,31). The monoisotopic (exact) mass is 427 g/mol. The van der Waals surface area contributed by atoms with Crippen LogP contribution >= 0.6 is 0 Å². The SMILES string of the molecule is CC(C)C(NC(=O)C(N)Cc1cccc(O)c1)C(=O)NC(Cc1ccccc1)C(=O)O. The lowest BCUT2D eigenvalue weighted by Crippen LogP contribution is -2.56. The van der Waals surface area contributed by atoms with E-state index in [0.29, 0.717) is 5.56 Å². The molecule has 2 aromatic carbocycles. The number of hydrogen-bond donors (Lipinski definition) is 5. The Balaban J connectivity index is 2.03. The summed E-state index contributed by atoms with van der Waals surface area (Å²) in [6, 6.07) is 12.4. The van der Waals surface area contributed by atoms with Crippen LogP contribution in [0.4, 0.5) is 0 Å². The Morgan fingerprint density at radius 1 is 0.903 bits per heavy atom. The lowest BCUT2D eigenvalue weighted by atomic mass is 10.00. The van der Waals surface area contributed by atoms with Crippen molar-refractivity contribution in [3.05, 3.63) is 65.7 Å². The third kappa shape index (κ3) is 7.42. The van der Waals surface area contributed by atoms with Gasteiger partial charge in [0.05, 0.1) is 6.04 Å². The van der Waals surface area contributed by atoms with Gasteiger partial charge in [-0.15, -0.1) is 0 Å². The molecule has 0 spiro atoms. The van der Waals surface area contributed by atoms with Gasteiger partial charge < -0.3 is 26.6 Å². The van der Waals surface area contributed by atoms with Crippen LogP contribution < -0.4 is 16.4 Å². The first-order valence-electron chi connectivity index (χ1n) is 10.1. The molecule has 0 aliphatic heterocycles. The molecule has 8 heteroatoms. The largest absolute Gasteiger partial charge is 0.508 e. The lowest BCUT2D eigenvalue weighted by molar-refractivity contribution is -0.142. The van der Waals surface area contributed by atoms with Gasteiger partial charge in [0.2, 0.25) is 11.8 Å². The molecule has 31 heavy (non-hydrogen) atoms. The number of carboxylic acids is 1. The third-order valence-electron chi connectivity index (χ3n) is 4.85. The maximum absolute atomic E-state index is 12.8. The van der Waals surface area contributed by atoms with E-state index in [1.54, 1.807) is 50.2 Å². The second-order valence-corrected chi connectivity index (χ2v) is 7.80. The highest BCUT2D eigenvalue weighted by Gasteiger charge is 2.30. The molecule has 0 fully saturated rings. The van der Waals surface area contributed by atoms with Gasteiger partial charge in [-0.1, -0.05) is 56.3 Å². The minimum Gasteiger partial charge on any atom is -0.508 e. The van der Waals surface area contributed by atoms with Gasteiger partial charge >= 0.3 is 5.97 Å². The first-order chi connectivity index (χ1) is 14.7. The number of phenolic OH excluding ortho intramolecular Hbond substituents is 1. The van der Waals surface area contributed by atoms with E-state index in [0.717, 1.165) is 5.56 Å². The van der Waals surface area contributed by atoms with E-state index in [4.69, 9.17) is 5.73 Å². The summed E-state index contributed by atoms with van der Waals surface area (Å²) < 4.78 is 0. The molecule has 6 N–H and O–H groups in total. The van der Waals surface area contributed by atoms with E-state index < -0.39 is 35.9 Å². The number of nitrogens with two attached hydrogens (primary N) is 1. The van der Waals surface area contributed by atoms with Gasteiger partial charge in [0.1, 0.15) is 17.8 Å². The average molecular weight is 428 g/mol. The lowest BCUT2D eigenvalue weighted by Gasteiger charge is -2.25. The van der Waals surface area contributed by atoms with Crippen LogP contribution in [-0.4, -0.2) is 46.1 Å². The number of aromatic hydroxyl groups is 1. The molecule has 0 radical (unpaired) electrons. The van der Waals surface area contributed by atoms with Crippen molar-refractivity contribution in [2.24, 2.45) is 11.7 Å². The summed E-state index contributed by atoms with van der Waals surface area (Å²) >= 11 is 0. The van der Waals surface area contributed by atoms with Crippen LogP contribution in [-0.2, 0) is 27.2 Å². The number of carbonyl (C=O) groups excluding carboxylic acids is 2. The van der Waals surface area contributed by atoms with E-state index in [9.17, 15) is 24.6 Å². The number of aliphatic carboxylic acids is 1. The summed E-state index contributed by atoms with van der Waals surface area (Å²) in [5.41, 5.74) is 7.43. The van der Waals surface area contributed by atoms with Gasteiger partial charge in [-0.2, -0.15) is 0 Å². The molecule has 0 aromatic heterocycles. The minimum absolute atomic E-state index is 0.0719. The quantitative estimate of drug-likeness (QED) is 0.386. The van der Waals surface area contributed by atoms with Crippen molar-refractivity contribution in [2.45, 2.75) is 44.8 Å². The maximum atomic E-state index is 12.8. The highest BCUT2D eigenvalue weighted by molar-refractivity contribution is 5.92. The molecule has 0 bridgehead atoms. The Hall–Kier alpha value is -3.39. The summed E-state index contributed by atoms with van der Waals surface area (Å²) in [5.74, 6) is -2.50. The van der Waals surface area contributed by atoms with Crippen LogP contribution in [0.15, 0.2) is 54.6 Å². The molecule has 2 rings (SSSR count). The molecule has 3 unspecified atom stereocenters. The molecular formula is C23H29N3O5. The van der Waals surface area contributed by atoms with Gasteiger partial charge in [-0.25, -0.2) is 4.79 Å². The number of rotatable bonds is 10. The number of carbonyl (C=O) groups is 3. The molecule has 2 amide bonds. The molecule has 0 aliphatic carbocycles. The average Bonchev–Trinajstić information content (AvgIpc) is 2.71. The summed E-state index contributed by atoms with van der Waals surface area (Å²) in [7, 11) is 0. The third-order valence-corrected chi connectivity index (χ3v) is 4.85. The van der Waals surface area contributed by atoms with Crippen molar-refractivity contribution < 1.29 is 24.6 Å². The van der Waals surface area contributed by atoms with Gasteiger partial charge in [0.15, 0.2) is 0 Å². The van der Waals surface area contributed by atoms with Crippen molar-refractivity contribution in [3.8, 4) is 5.75 Å². The van der Waals surface area contributed by atoms with E-state index in [2.05, 4.69) is 10.6 Å². The number of nitrogens with one attached hydrogen (secondary N) is 2. The van der Waals surface area contributed by atoms with Crippen molar-refractivity contribution in [3.63, 3.8) is 0 Å². The van der Waals surface area contributed by atoms with E-state index in [1.165, 1.54) is 12.1 Å². The Morgan fingerprint density at radius 3 is 2.13 bits per heavy atom. The van der Waals surface area contributed by atoms with Crippen LogP contribution in [0.1, 0.15) is 25.0 Å². The molecule has 0 heterocycles. The molecular weight excluding hydrogens is 398 g/mol. The predicted octanol–water partition coefficient (Wildman–Crippen LogP) is 1.21. The molecule has 166 valence electrons. The van der Waals surface area contributed by atoms with Crippen LogP contribution in [0.25, 0.3) is 0 Å². The Bertz CT molecular complexity index is 901. The fourth-order valence-corrected chi connectivity index (χ4v) is 3.14. The smallest absolute Gasteiger partial charge is 0.326 e. The molecule has 3 atom stereocenters. The van der Waals surface area contributed by atoms with Crippen LogP contribution in [0, 0.1) is 5.92 Å². The number of carboxylic acid groups (broad SMARTS) is 1. The first kappa shape index (κ1) is 23.9. The summed E-state index contributed by atoms with van der Waals surface area (Å²) in [4.78, 5) is 37.0. The highest BCUT2D eigenvalue weighted by Crippen LogP contribution is 2.13. The number of benzene rings is 2.